The van der Waals surface area contributed by atoms with Crippen molar-refractivity contribution >= 4 is 11.2 Å². The van der Waals surface area contributed by atoms with Crippen molar-refractivity contribution < 1.29 is 0 Å². The number of aryl methyl sites for hydroxylation is 1. The minimum atomic E-state index is -0.0211. The van der Waals surface area contributed by atoms with Gasteiger partial charge < -0.3 is 0 Å². The number of aromatic amines is 1. The zero-order chi connectivity index (χ0) is 13.9. The third kappa shape index (κ3) is 2.51. The molecular formula is C16H23N3O. The van der Waals surface area contributed by atoms with Crippen LogP contribution in [0.5, 0.6) is 0 Å². The highest BCUT2D eigenvalue weighted by Gasteiger charge is 2.18. The van der Waals surface area contributed by atoms with Crippen LogP contribution in [0, 0.1) is 0 Å². The van der Waals surface area contributed by atoms with Crippen LogP contribution in [0.2, 0.25) is 0 Å². The van der Waals surface area contributed by atoms with E-state index < -0.39 is 0 Å². The lowest BCUT2D eigenvalue weighted by Crippen LogP contribution is -2.16. The molecule has 0 aromatic carbocycles. The molecule has 108 valence electrons. The number of hydrogen-bond acceptors (Lipinski definition) is 2. The summed E-state index contributed by atoms with van der Waals surface area (Å²) in [5, 5.41) is 0. The van der Waals surface area contributed by atoms with Crippen LogP contribution in [0.25, 0.3) is 11.2 Å². The third-order valence-corrected chi connectivity index (χ3v) is 4.46. The van der Waals surface area contributed by atoms with Gasteiger partial charge in [-0.15, -0.1) is 0 Å². The Morgan fingerprint density at radius 1 is 1.35 bits per heavy atom. The Labute approximate surface area is 119 Å². The molecular weight excluding hydrogens is 250 g/mol. The van der Waals surface area contributed by atoms with Crippen molar-refractivity contribution in [3.05, 3.63) is 28.3 Å². The van der Waals surface area contributed by atoms with Crippen molar-refractivity contribution in [1.82, 2.24) is 14.5 Å². The van der Waals surface area contributed by atoms with Crippen LogP contribution in [0.1, 0.15) is 63.4 Å². The van der Waals surface area contributed by atoms with E-state index in [1.54, 1.807) is 0 Å². The SMILES string of the molecule is CCCCCn1c(=O)[nH]c2ncc(C3CCCC3)cc21. The minimum absolute atomic E-state index is 0.0211. The number of imidazole rings is 1. The summed E-state index contributed by atoms with van der Waals surface area (Å²) in [6.07, 6.45) is 10.5. The Balaban J connectivity index is 1.94. The molecule has 3 rings (SSSR count). The van der Waals surface area contributed by atoms with Crippen LogP contribution in [0.15, 0.2) is 17.1 Å². The smallest absolute Gasteiger partial charge is 0.290 e. The minimum Gasteiger partial charge on any atom is -0.290 e. The molecule has 1 N–H and O–H groups in total. The molecule has 0 atom stereocenters. The van der Waals surface area contributed by atoms with E-state index in [1.165, 1.54) is 37.7 Å². The number of unbranched alkanes of at least 4 members (excludes halogenated alkanes) is 2. The van der Waals surface area contributed by atoms with Crippen LogP contribution in [-0.2, 0) is 6.54 Å². The molecule has 0 unspecified atom stereocenters. The second kappa shape index (κ2) is 5.81. The molecule has 0 bridgehead atoms. The molecule has 1 saturated carbocycles. The maximum absolute atomic E-state index is 12.0. The summed E-state index contributed by atoms with van der Waals surface area (Å²) in [4.78, 5) is 19.4. The highest BCUT2D eigenvalue weighted by Crippen LogP contribution is 2.34. The molecule has 0 amide bonds. The van der Waals surface area contributed by atoms with Crippen molar-refractivity contribution in [3.8, 4) is 0 Å². The number of H-pyrrole nitrogens is 1. The Bertz CT molecular complexity index is 635. The first-order valence-corrected chi connectivity index (χ1v) is 7.88. The monoisotopic (exact) mass is 273 g/mol. The maximum Gasteiger partial charge on any atom is 0.327 e. The predicted octanol–water partition coefficient (Wildman–Crippen LogP) is 3.57. The first kappa shape index (κ1) is 13.4. The average Bonchev–Trinajstić information content (AvgIpc) is 3.07. The van der Waals surface area contributed by atoms with Crippen LogP contribution in [0.4, 0.5) is 0 Å². The Morgan fingerprint density at radius 3 is 2.90 bits per heavy atom. The zero-order valence-corrected chi connectivity index (χ0v) is 12.2. The number of nitrogens with zero attached hydrogens (tertiary/aromatic N) is 2. The van der Waals surface area contributed by atoms with Gasteiger partial charge in [0, 0.05) is 12.7 Å². The predicted molar refractivity (Wildman–Crippen MR) is 81.1 cm³/mol. The van der Waals surface area contributed by atoms with E-state index in [0.717, 1.165) is 30.6 Å². The van der Waals surface area contributed by atoms with Crippen LogP contribution >= 0.6 is 0 Å². The Hall–Kier alpha value is -1.58. The first-order valence-electron chi connectivity index (χ1n) is 7.88. The second-order valence-electron chi connectivity index (χ2n) is 5.91. The fourth-order valence-electron chi connectivity index (χ4n) is 3.27. The highest BCUT2D eigenvalue weighted by atomic mass is 16.1. The molecule has 0 spiro atoms. The molecule has 0 radical (unpaired) electrons. The topological polar surface area (TPSA) is 50.7 Å². The van der Waals surface area contributed by atoms with Gasteiger partial charge in [-0.3, -0.25) is 9.55 Å². The van der Waals surface area contributed by atoms with Crippen molar-refractivity contribution in [3.63, 3.8) is 0 Å². The number of aromatic nitrogens is 3. The Kier molecular flexibility index (Phi) is 3.90. The van der Waals surface area contributed by atoms with Gasteiger partial charge in [-0.25, -0.2) is 9.78 Å². The van der Waals surface area contributed by atoms with Crippen molar-refractivity contribution in [2.45, 2.75) is 64.3 Å². The lowest BCUT2D eigenvalue weighted by molar-refractivity contribution is 0.600. The summed E-state index contributed by atoms with van der Waals surface area (Å²) < 4.78 is 1.86. The summed E-state index contributed by atoms with van der Waals surface area (Å²) in [6, 6.07) is 2.18. The van der Waals surface area contributed by atoms with Crippen LogP contribution in [-0.4, -0.2) is 14.5 Å². The van der Waals surface area contributed by atoms with Gasteiger partial charge in [0.2, 0.25) is 0 Å². The van der Waals surface area contributed by atoms with E-state index in [9.17, 15) is 4.79 Å². The van der Waals surface area contributed by atoms with Gasteiger partial charge in [-0.2, -0.15) is 0 Å². The second-order valence-corrected chi connectivity index (χ2v) is 5.91. The third-order valence-electron chi connectivity index (χ3n) is 4.46. The van der Waals surface area contributed by atoms with Gasteiger partial charge in [-0.05, 0) is 36.8 Å². The quantitative estimate of drug-likeness (QED) is 0.847. The fraction of sp³-hybridized carbons (Fsp3) is 0.625. The van der Waals surface area contributed by atoms with E-state index in [2.05, 4.69) is 23.0 Å². The summed E-state index contributed by atoms with van der Waals surface area (Å²) >= 11 is 0. The van der Waals surface area contributed by atoms with Gasteiger partial charge in [-0.1, -0.05) is 32.6 Å². The molecule has 0 saturated heterocycles. The molecule has 1 aliphatic rings. The van der Waals surface area contributed by atoms with Gasteiger partial charge in [0.25, 0.3) is 0 Å². The molecule has 2 aromatic heterocycles. The van der Waals surface area contributed by atoms with Gasteiger partial charge >= 0.3 is 5.69 Å². The fourth-order valence-corrected chi connectivity index (χ4v) is 3.27. The summed E-state index contributed by atoms with van der Waals surface area (Å²) in [7, 11) is 0. The van der Waals surface area contributed by atoms with Crippen LogP contribution < -0.4 is 5.69 Å². The Morgan fingerprint density at radius 2 is 2.15 bits per heavy atom. The number of pyridine rings is 1. The van der Waals surface area contributed by atoms with Gasteiger partial charge in [0.05, 0.1) is 5.52 Å². The van der Waals surface area contributed by atoms with Crippen molar-refractivity contribution in [2.75, 3.05) is 0 Å². The van der Waals surface area contributed by atoms with Crippen molar-refractivity contribution in [1.29, 1.82) is 0 Å². The molecule has 2 heterocycles. The lowest BCUT2D eigenvalue weighted by Gasteiger charge is -2.09. The largest absolute Gasteiger partial charge is 0.327 e. The molecule has 4 nitrogen and oxygen atoms in total. The van der Waals surface area contributed by atoms with E-state index in [0.29, 0.717) is 5.92 Å². The number of hydrogen-bond donors (Lipinski definition) is 1. The van der Waals surface area contributed by atoms with E-state index in [1.807, 2.05) is 10.8 Å². The number of rotatable bonds is 5. The van der Waals surface area contributed by atoms with Crippen molar-refractivity contribution in [2.24, 2.45) is 0 Å². The van der Waals surface area contributed by atoms with Gasteiger partial charge in [0.1, 0.15) is 0 Å². The number of fused-ring (bicyclic) bond motifs is 1. The molecule has 2 aromatic rings. The van der Waals surface area contributed by atoms with E-state index in [-0.39, 0.29) is 5.69 Å². The normalized spacial score (nSPS) is 16.2. The average molecular weight is 273 g/mol. The molecule has 0 aliphatic heterocycles. The van der Waals surface area contributed by atoms with E-state index >= 15 is 0 Å². The summed E-state index contributed by atoms with van der Waals surface area (Å²) in [6.45, 7) is 2.97. The van der Waals surface area contributed by atoms with Gasteiger partial charge in [0.15, 0.2) is 5.65 Å². The molecule has 4 heteroatoms. The highest BCUT2D eigenvalue weighted by molar-refractivity contribution is 5.71. The molecule has 1 fully saturated rings. The summed E-state index contributed by atoms with van der Waals surface area (Å²) in [5.74, 6) is 0.640. The van der Waals surface area contributed by atoms with E-state index in [4.69, 9.17) is 0 Å². The lowest BCUT2D eigenvalue weighted by atomic mass is 9.99. The standard InChI is InChI=1S/C16H23N3O/c1-2-3-6-9-19-14-10-13(12-7-4-5-8-12)11-17-15(14)18-16(19)20/h10-12H,2-9H2,1H3,(H,17,18,20). The summed E-state index contributed by atoms with van der Waals surface area (Å²) in [5.41, 5.74) is 2.99. The zero-order valence-electron chi connectivity index (χ0n) is 12.2. The first-order chi connectivity index (χ1) is 9.79. The molecule has 20 heavy (non-hydrogen) atoms. The van der Waals surface area contributed by atoms with Crippen LogP contribution in [0.3, 0.4) is 0 Å². The maximum atomic E-state index is 12.0. The molecule has 1 aliphatic carbocycles. The number of nitrogens with one attached hydrogen (secondary N) is 1.